The van der Waals surface area contributed by atoms with Crippen LogP contribution in [0.3, 0.4) is 0 Å². The van der Waals surface area contributed by atoms with E-state index in [0.29, 0.717) is 21.3 Å². The molecule has 1 N–H and O–H groups in total. The molecular weight excluding hydrogens is 381 g/mol. The molecule has 5 nitrogen and oxygen atoms in total. The predicted molar refractivity (Wildman–Crippen MR) is 107 cm³/mol. The number of benzene rings is 2. The van der Waals surface area contributed by atoms with Crippen molar-refractivity contribution in [3.8, 4) is 0 Å². The number of carbonyl (C=O) groups is 2. The number of ether oxygens (including phenoxy) is 2. The SMILES string of the molecule is COCc1c(C(=O)O[C@@H](C)C(=O)Nc2ccc(C)cc2)sc2cccc(F)c12. The number of esters is 1. The van der Waals surface area contributed by atoms with Crippen molar-refractivity contribution in [2.24, 2.45) is 0 Å². The van der Waals surface area contributed by atoms with Crippen LogP contribution in [0.2, 0.25) is 0 Å². The summed E-state index contributed by atoms with van der Waals surface area (Å²) in [6.07, 6.45) is -1.01. The molecule has 0 bridgehead atoms. The zero-order valence-electron chi connectivity index (χ0n) is 15.7. The fourth-order valence-electron chi connectivity index (χ4n) is 2.76. The summed E-state index contributed by atoms with van der Waals surface area (Å²) in [6.45, 7) is 3.50. The van der Waals surface area contributed by atoms with E-state index < -0.39 is 23.8 Å². The minimum absolute atomic E-state index is 0.0648. The Morgan fingerprint density at radius 1 is 1.18 bits per heavy atom. The lowest BCUT2D eigenvalue weighted by Gasteiger charge is -2.14. The van der Waals surface area contributed by atoms with Crippen LogP contribution in [0.5, 0.6) is 0 Å². The Morgan fingerprint density at radius 3 is 2.57 bits per heavy atom. The minimum atomic E-state index is -1.01. The second kappa shape index (κ2) is 8.50. The van der Waals surface area contributed by atoms with Crippen LogP contribution in [-0.2, 0) is 20.9 Å². The third-order valence-corrected chi connectivity index (χ3v) is 5.39. The first kappa shape index (κ1) is 20.0. The largest absolute Gasteiger partial charge is 0.448 e. The van der Waals surface area contributed by atoms with E-state index in [1.165, 1.54) is 20.1 Å². The van der Waals surface area contributed by atoms with Crippen molar-refractivity contribution >= 4 is 39.0 Å². The zero-order chi connectivity index (χ0) is 20.3. The van der Waals surface area contributed by atoms with E-state index in [9.17, 15) is 14.0 Å². The Morgan fingerprint density at radius 2 is 1.89 bits per heavy atom. The molecule has 0 saturated carbocycles. The number of hydrogen-bond acceptors (Lipinski definition) is 5. The highest BCUT2D eigenvalue weighted by molar-refractivity contribution is 7.21. The number of carbonyl (C=O) groups excluding carboxylic acids is 2. The topological polar surface area (TPSA) is 64.6 Å². The van der Waals surface area contributed by atoms with E-state index in [1.54, 1.807) is 24.3 Å². The first-order valence-corrected chi connectivity index (χ1v) is 9.49. The molecule has 3 aromatic rings. The van der Waals surface area contributed by atoms with Crippen LogP contribution >= 0.6 is 11.3 Å². The van der Waals surface area contributed by atoms with E-state index in [0.717, 1.165) is 16.9 Å². The van der Waals surface area contributed by atoms with Crippen LogP contribution in [0, 0.1) is 12.7 Å². The molecule has 0 unspecified atom stereocenters. The Balaban J connectivity index is 1.78. The average Bonchev–Trinajstić information content (AvgIpc) is 3.04. The summed E-state index contributed by atoms with van der Waals surface area (Å²) >= 11 is 1.12. The predicted octanol–water partition coefficient (Wildman–Crippen LogP) is 4.68. The van der Waals surface area contributed by atoms with Crippen molar-refractivity contribution in [1.82, 2.24) is 0 Å². The highest BCUT2D eigenvalue weighted by atomic mass is 32.1. The van der Waals surface area contributed by atoms with Gasteiger partial charge in [0, 0.05) is 28.4 Å². The molecule has 1 heterocycles. The number of hydrogen-bond donors (Lipinski definition) is 1. The van der Waals surface area contributed by atoms with Gasteiger partial charge >= 0.3 is 5.97 Å². The average molecular weight is 401 g/mol. The fourth-order valence-corrected chi connectivity index (χ4v) is 3.87. The third kappa shape index (κ3) is 4.21. The molecule has 0 aliphatic carbocycles. The summed E-state index contributed by atoms with van der Waals surface area (Å²) in [5.41, 5.74) is 2.11. The second-order valence-corrected chi connectivity index (χ2v) is 7.41. The van der Waals surface area contributed by atoms with Gasteiger partial charge in [-0.05, 0) is 38.1 Å². The van der Waals surface area contributed by atoms with Crippen molar-refractivity contribution in [3.63, 3.8) is 0 Å². The van der Waals surface area contributed by atoms with Gasteiger partial charge in [-0.2, -0.15) is 0 Å². The molecule has 0 saturated heterocycles. The molecule has 0 aliphatic rings. The summed E-state index contributed by atoms with van der Waals surface area (Å²) in [7, 11) is 1.47. The number of anilines is 1. The van der Waals surface area contributed by atoms with Crippen LogP contribution < -0.4 is 5.32 Å². The van der Waals surface area contributed by atoms with Crippen molar-refractivity contribution in [2.75, 3.05) is 12.4 Å². The lowest BCUT2D eigenvalue weighted by molar-refractivity contribution is -0.123. The van der Waals surface area contributed by atoms with E-state index in [2.05, 4.69) is 5.32 Å². The maximum Gasteiger partial charge on any atom is 0.349 e. The number of rotatable bonds is 6. The van der Waals surface area contributed by atoms with Gasteiger partial charge in [-0.1, -0.05) is 23.8 Å². The molecular formula is C21H20FNO4S. The lowest BCUT2D eigenvalue weighted by Crippen LogP contribution is -2.30. The first-order valence-electron chi connectivity index (χ1n) is 8.68. The highest BCUT2D eigenvalue weighted by Crippen LogP contribution is 2.34. The molecule has 2 aromatic carbocycles. The van der Waals surface area contributed by atoms with Crippen molar-refractivity contribution in [3.05, 3.63) is 64.3 Å². The number of fused-ring (bicyclic) bond motifs is 1. The van der Waals surface area contributed by atoms with Crippen LogP contribution in [-0.4, -0.2) is 25.1 Å². The van der Waals surface area contributed by atoms with Gasteiger partial charge in [0.25, 0.3) is 5.91 Å². The van der Waals surface area contributed by atoms with E-state index >= 15 is 0 Å². The van der Waals surface area contributed by atoms with Gasteiger partial charge < -0.3 is 14.8 Å². The number of nitrogens with one attached hydrogen (secondary N) is 1. The molecule has 1 aromatic heterocycles. The number of amides is 1. The van der Waals surface area contributed by atoms with Gasteiger partial charge in [-0.15, -0.1) is 11.3 Å². The molecule has 3 rings (SSSR count). The van der Waals surface area contributed by atoms with Crippen LogP contribution in [0.1, 0.15) is 27.7 Å². The highest BCUT2D eigenvalue weighted by Gasteiger charge is 2.25. The van der Waals surface area contributed by atoms with Gasteiger partial charge in [0.15, 0.2) is 6.10 Å². The third-order valence-electron chi connectivity index (χ3n) is 4.21. The summed E-state index contributed by atoms with van der Waals surface area (Å²) in [5, 5.41) is 3.05. The maximum absolute atomic E-state index is 14.2. The molecule has 0 spiro atoms. The quantitative estimate of drug-likeness (QED) is 0.609. The monoisotopic (exact) mass is 401 g/mol. The van der Waals surface area contributed by atoms with Gasteiger partial charge in [0.2, 0.25) is 0 Å². The molecule has 146 valence electrons. The van der Waals surface area contributed by atoms with Crippen molar-refractivity contribution < 1.29 is 23.5 Å². The molecule has 0 aliphatic heterocycles. The van der Waals surface area contributed by atoms with Crippen LogP contribution in [0.4, 0.5) is 10.1 Å². The Labute approximate surface area is 166 Å². The normalized spacial score (nSPS) is 12.0. The zero-order valence-corrected chi connectivity index (χ0v) is 16.6. The molecule has 7 heteroatoms. The van der Waals surface area contributed by atoms with Gasteiger partial charge in [-0.25, -0.2) is 9.18 Å². The Bertz CT molecular complexity index is 1010. The van der Waals surface area contributed by atoms with Crippen molar-refractivity contribution in [2.45, 2.75) is 26.6 Å². The van der Waals surface area contributed by atoms with Crippen molar-refractivity contribution in [1.29, 1.82) is 0 Å². The summed E-state index contributed by atoms with van der Waals surface area (Å²) in [5.74, 6) is -1.55. The number of methoxy groups -OCH3 is 1. The minimum Gasteiger partial charge on any atom is -0.448 e. The number of aryl methyl sites for hydroxylation is 1. The maximum atomic E-state index is 14.2. The Hall–Kier alpha value is -2.77. The molecule has 0 radical (unpaired) electrons. The summed E-state index contributed by atoms with van der Waals surface area (Å²) in [6, 6.07) is 11.9. The molecule has 1 amide bonds. The van der Waals surface area contributed by atoms with Crippen LogP contribution in [0.25, 0.3) is 10.1 Å². The second-order valence-electron chi connectivity index (χ2n) is 6.36. The molecule has 0 fully saturated rings. The van der Waals surface area contributed by atoms with E-state index in [1.807, 2.05) is 19.1 Å². The van der Waals surface area contributed by atoms with E-state index in [-0.39, 0.29) is 11.5 Å². The van der Waals surface area contributed by atoms with Gasteiger partial charge in [0.05, 0.1) is 6.61 Å². The molecule has 1 atom stereocenters. The summed E-state index contributed by atoms with van der Waals surface area (Å²) in [4.78, 5) is 25.2. The summed E-state index contributed by atoms with van der Waals surface area (Å²) < 4.78 is 25.3. The molecule has 28 heavy (non-hydrogen) atoms. The van der Waals surface area contributed by atoms with Gasteiger partial charge in [-0.3, -0.25) is 4.79 Å². The Kier molecular flexibility index (Phi) is 6.06. The number of thiophene rings is 1. The van der Waals surface area contributed by atoms with Gasteiger partial charge in [0.1, 0.15) is 10.7 Å². The standard InChI is InChI=1S/C21H20FNO4S/c1-12-7-9-14(10-8-12)23-20(24)13(2)27-21(25)19-15(11-26-3)18-16(22)5-4-6-17(18)28-19/h4-10,13H,11H2,1-3H3,(H,23,24)/t13-/m0/s1. The lowest BCUT2D eigenvalue weighted by atomic mass is 10.1. The van der Waals surface area contributed by atoms with E-state index in [4.69, 9.17) is 9.47 Å². The number of halogens is 1. The fraction of sp³-hybridized carbons (Fsp3) is 0.238. The first-order chi connectivity index (χ1) is 13.4. The smallest absolute Gasteiger partial charge is 0.349 e. The van der Waals surface area contributed by atoms with Crippen LogP contribution in [0.15, 0.2) is 42.5 Å².